The summed E-state index contributed by atoms with van der Waals surface area (Å²) < 4.78 is 20.0. The largest absolute Gasteiger partial charge is 0.493 e. The van der Waals surface area contributed by atoms with Gasteiger partial charge in [0, 0.05) is 15.7 Å². The van der Waals surface area contributed by atoms with E-state index in [9.17, 15) is 4.79 Å². The van der Waals surface area contributed by atoms with Crippen LogP contribution < -0.4 is 24.7 Å². The van der Waals surface area contributed by atoms with Gasteiger partial charge in [-0.25, -0.2) is 4.68 Å². The van der Waals surface area contributed by atoms with Crippen LogP contribution in [0.25, 0.3) is 0 Å². The molecule has 2 aliphatic heterocycles. The van der Waals surface area contributed by atoms with Crippen LogP contribution in [-0.2, 0) is 13.0 Å². The lowest BCUT2D eigenvalue weighted by Gasteiger charge is -2.43. The number of halogens is 1. The Bertz CT molecular complexity index is 1200. The van der Waals surface area contributed by atoms with Crippen LogP contribution in [0.3, 0.4) is 0 Å². The number of methoxy groups -OCH3 is 2. The lowest BCUT2D eigenvalue weighted by molar-refractivity contribution is 0.246. The summed E-state index contributed by atoms with van der Waals surface area (Å²) in [5.74, 6) is 1.79. The van der Waals surface area contributed by atoms with Gasteiger partial charge in [-0.15, -0.1) is 0 Å². The zero-order chi connectivity index (χ0) is 21.5. The maximum atomic E-state index is 13.1. The number of benzene rings is 2. The maximum absolute atomic E-state index is 13.1. The molecule has 0 fully saturated rings. The first kappa shape index (κ1) is 20.2. The fraction of sp³-hybridized carbons (Fsp3) is 0.304. The molecule has 0 spiro atoms. The molecule has 3 heterocycles. The number of nitrogens with zero attached hydrogens (tertiary/aromatic N) is 3. The molecule has 160 valence electrons. The predicted molar refractivity (Wildman–Crippen MR) is 126 cm³/mol. The minimum absolute atomic E-state index is 0.0685. The summed E-state index contributed by atoms with van der Waals surface area (Å²) in [7, 11) is 3.30. The Kier molecular flexibility index (Phi) is 5.25. The van der Waals surface area contributed by atoms with Crippen LogP contribution in [0, 0.1) is 3.57 Å². The van der Waals surface area contributed by atoms with Gasteiger partial charge in [0.15, 0.2) is 11.5 Å². The van der Waals surface area contributed by atoms with Gasteiger partial charge in [0.1, 0.15) is 12.3 Å². The number of ether oxygens (including phenoxy) is 3. The highest BCUT2D eigenvalue weighted by molar-refractivity contribution is 14.1. The molecule has 5 rings (SSSR count). The first-order chi connectivity index (χ1) is 15.1. The number of hydrogen-bond acceptors (Lipinski definition) is 6. The second-order valence-corrected chi connectivity index (χ2v) is 8.73. The van der Waals surface area contributed by atoms with E-state index in [1.807, 2.05) is 36.4 Å². The van der Waals surface area contributed by atoms with Crippen molar-refractivity contribution in [2.75, 3.05) is 32.3 Å². The molecule has 2 aliphatic rings. The van der Waals surface area contributed by atoms with E-state index < -0.39 is 0 Å². The van der Waals surface area contributed by atoms with Crippen molar-refractivity contribution in [3.63, 3.8) is 0 Å². The molecule has 2 aromatic carbocycles. The average Bonchev–Trinajstić information content (AvgIpc) is 2.80. The maximum Gasteiger partial charge on any atom is 0.311 e. The third-order valence-electron chi connectivity index (χ3n) is 5.93. The molecule has 3 aromatic rings. The van der Waals surface area contributed by atoms with Crippen molar-refractivity contribution in [2.45, 2.75) is 19.0 Å². The summed E-state index contributed by atoms with van der Waals surface area (Å²) in [6, 6.07) is 11.8. The average molecular weight is 531 g/mol. The Balaban J connectivity index is 1.56. The molecule has 1 atom stereocenters. The van der Waals surface area contributed by atoms with Gasteiger partial charge in [-0.2, -0.15) is 5.10 Å². The van der Waals surface area contributed by atoms with Gasteiger partial charge < -0.3 is 19.1 Å². The molecule has 31 heavy (non-hydrogen) atoms. The van der Waals surface area contributed by atoms with Crippen LogP contribution in [0.4, 0.5) is 5.69 Å². The summed E-state index contributed by atoms with van der Waals surface area (Å²) in [5, 5.41) is 4.45. The van der Waals surface area contributed by atoms with Crippen molar-refractivity contribution in [1.82, 2.24) is 9.78 Å². The van der Waals surface area contributed by atoms with Crippen molar-refractivity contribution in [2.24, 2.45) is 0 Å². The zero-order valence-corrected chi connectivity index (χ0v) is 19.5. The summed E-state index contributed by atoms with van der Waals surface area (Å²) >= 11 is 2.35. The Labute approximate surface area is 193 Å². The number of hydrogen-bond donors (Lipinski definition) is 0. The molecule has 8 heteroatoms. The zero-order valence-electron chi connectivity index (χ0n) is 17.3. The van der Waals surface area contributed by atoms with E-state index in [1.165, 1.54) is 10.2 Å². The van der Waals surface area contributed by atoms with Crippen LogP contribution in [0.15, 0.2) is 47.4 Å². The topological polar surface area (TPSA) is 65.8 Å². The van der Waals surface area contributed by atoms with E-state index in [2.05, 4.69) is 32.6 Å². The minimum atomic E-state index is -0.210. The summed E-state index contributed by atoms with van der Waals surface area (Å²) in [4.78, 5) is 15.3. The van der Waals surface area contributed by atoms with Gasteiger partial charge >= 0.3 is 5.56 Å². The van der Waals surface area contributed by atoms with Gasteiger partial charge in [0.25, 0.3) is 0 Å². The summed E-state index contributed by atoms with van der Waals surface area (Å²) in [5.41, 5.74) is 3.85. The molecule has 1 unspecified atom stereocenters. The molecule has 0 amide bonds. The fourth-order valence-corrected chi connectivity index (χ4v) is 5.32. The van der Waals surface area contributed by atoms with Gasteiger partial charge in [-0.3, -0.25) is 4.79 Å². The molecule has 7 nitrogen and oxygen atoms in total. The van der Waals surface area contributed by atoms with E-state index in [1.54, 1.807) is 20.4 Å². The quantitative estimate of drug-likeness (QED) is 0.481. The first-order valence-corrected chi connectivity index (χ1v) is 11.2. The molecule has 0 saturated carbocycles. The highest BCUT2D eigenvalue weighted by Crippen LogP contribution is 2.48. The third kappa shape index (κ3) is 3.33. The van der Waals surface area contributed by atoms with Crippen molar-refractivity contribution >= 4 is 28.3 Å². The molecule has 0 radical (unpaired) electrons. The third-order valence-corrected chi connectivity index (χ3v) is 6.89. The minimum Gasteiger partial charge on any atom is -0.493 e. The second-order valence-electron chi connectivity index (χ2n) is 7.56. The summed E-state index contributed by atoms with van der Waals surface area (Å²) in [6.07, 6.45) is 2.59. The predicted octanol–water partition coefficient (Wildman–Crippen LogP) is 3.41. The van der Waals surface area contributed by atoms with E-state index >= 15 is 0 Å². The Morgan fingerprint density at radius 3 is 2.77 bits per heavy atom. The highest BCUT2D eigenvalue weighted by atomic mass is 127. The van der Waals surface area contributed by atoms with Crippen LogP contribution in [0.1, 0.15) is 22.7 Å². The smallest absolute Gasteiger partial charge is 0.311 e. The van der Waals surface area contributed by atoms with Crippen molar-refractivity contribution in [3.05, 3.63) is 73.2 Å². The van der Waals surface area contributed by atoms with Crippen molar-refractivity contribution in [3.8, 4) is 17.2 Å². The number of anilines is 1. The van der Waals surface area contributed by atoms with Gasteiger partial charge in [0.05, 0.1) is 33.0 Å². The van der Waals surface area contributed by atoms with E-state index in [0.717, 1.165) is 39.1 Å². The normalized spacial score (nSPS) is 16.6. The van der Waals surface area contributed by atoms with Gasteiger partial charge in [0.2, 0.25) is 5.75 Å². The first-order valence-electron chi connectivity index (χ1n) is 10.1. The Hall–Kier alpha value is -2.75. The molecule has 1 aromatic heterocycles. The van der Waals surface area contributed by atoms with E-state index in [0.29, 0.717) is 24.7 Å². The number of rotatable bonds is 4. The molecule has 0 N–H and O–H groups in total. The lowest BCUT2D eigenvalue weighted by Crippen LogP contribution is -2.44. The van der Waals surface area contributed by atoms with Gasteiger partial charge in [-0.05, 0) is 46.2 Å². The molecule has 0 aliphatic carbocycles. The van der Waals surface area contributed by atoms with Crippen LogP contribution in [0.2, 0.25) is 0 Å². The van der Waals surface area contributed by atoms with Crippen LogP contribution in [-0.4, -0.2) is 37.2 Å². The standard InChI is InChI=1S/C23H22IN3O4/c1-29-19-10-16(24)15-8-9-26-17-11-25-27(12-14-6-4-3-5-7-14)23(28)21(17)31-13-18(26)20(15)22(19)30-2/h3-7,10-11,18H,8-9,12-13H2,1-2H3. The second kappa shape index (κ2) is 8.07. The van der Waals surface area contributed by atoms with Crippen molar-refractivity contribution < 1.29 is 14.2 Å². The molecule has 0 saturated heterocycles. The number of aromatic nitrogens is 2. The van der Waals surface area contributed by atoms with E-state index in [4.69, 9.17) is 14.2 Å². The monoisotopic (exact) mass is 531 g/mol. The molecular formula is C23H22IN3O4. The lowest BCUT2D eigenvalue weighted by atomic mass is 9.90. The highest BCUT2D eigenvalue weighted by Gasteiger charge is 2.39. The summed E-state index contributed by atoms with van der Waals surface area (Å²) in [6.45, 7) is 1.55. The molecule has 0 bridgehead atoms. The van der Waals surface area contributed by atoms with Crippen LogP contribution in [0.5, 0.6) is 17.2 Å². The fourth-order valence-electron chi connectivity index (χ4n) is 4.47. The van der Waals surface area contributed by atoms with Gasteiger partial charge in [-0.1, -0.05) is 30.3 Å². The molecular weight excluding hydrogens is 509 g/mol. The Morgan fingerprint density at radius 2 is 2.03 bits per heavy atom. The number of fused-ring (bicyclic) bond motifs is 5. The Morgan fingerprint density at radius 1 is 1.23 bits per heavy atom. The van der Waals surface area contributed by atoms with E-state index in [-0.39, 0.29) is 11.6 Å². The van der Waals surface area contributed by atoms with Crippen LogP contribution >= 0.6 is 22.6 Å². The van der Waals surface area contributed by atoms with Crippen molar-refractivity contribution in [1.29, 1.82) is 0 Å². The SMILES string of the molecule is COc1cc(I)c2c(c1OC)C1COc3c(cnn(Cc4ccccc4)c3=O)N1CC2.